The molecule has 2 amide bonds. The highest BCUT2D eigenvalue weighted by Gasteiger charge is 2.36. The first-order chi connectivity index (χ1) is 14.3. The van der Waals surface area contributed by atoms with E-state index in [0.29, 0.717) is 26.2 Å². The molecule has 1 aromatic heterocycles. The lowest BCUT2D eigenvalue weighted by Crippen LogP contribution is -2.49. The lowest BCUT2D eigenvalue weighted by atomic mass is 9.92. The molecule has 2 atom stereocenters. The van der Waals surface area contributed by atoms with Crippen molar-refractivity contribution in [3.8, 4) is 0 Å². The number of furan rings is 1. The number of carbonyl (C=O) groups excluding carboxylic acids is 2. The van der Waals surface area contributed by atoms with E-state index in [1.165, 1.54) is 10.4 Å². The van der Waals surface area contributed by atoms with Crippen molar-refractivity contribution >= 4 is 21.8 Å². The van der Waals surface area contributed by atoms with Crippen molar-refractivity contribution in [2.24, 2.45) is 5.92 Å². The van der Waals surface area contributed by atoms with E-state index < -0.39 is 10.0 Å². The Morgan fingerprint density at radius 1 is 1.23 bits per heavy atom. The molecular formula is C21H33N3O5S. The summed E-state index contributed by atoms with van der Waals surface area (Å²) in [6, 6.07) is 1.31. The lowest BCUT2D eigenvalue weighted by Gasteiger charge is -2.36. The zero-order chi connectivity index (χ0) is 21.9. The number of amides is 2. The summed E-state index contributed by atoms with van der Waals surface area (Å²) in [5.74, 6) is -0.403. The van der Waals surface area contributed by atoms with Gasteiger partial charge in [-0.3, -0.25) is 9.59 Å². The summed E-state index contributed by atoms with van der Waals surface area (Å²) < 4.78 is 32.8. The van der Waals surface area contributed by atoms with Gasteiger partial charge in [0.15, 0.2) is 5.76 Å². The Morgan fingerprint density at radius 2 is 1.93 bits per heavy atom. The maximum Gasteiger partial charge on any atom is 0.289 e. The average molecular weight is 440 g/mol. The second kappa shape index (κ2) is 9.51. The third-order valence-corrected chi connectivity index (χ3v) is 8.12. The Morgan fingerprint density at radius 3 is 2.60 bits per heavy atom. The number of aryl methyl sites for hydroxylation is 1. The number of carbonyl (C=O) groups is 2. The molecule has 0 radical (unpaired) electrons. The van der Waals surface area contributed by atoms with Gasteiger partial charge in [-0.2, -0.15) is 4.31 Å². The first kappa shape index (κ1) is 22.8. The Labute approximate surface area is 179 Å². The predicted octanol–water partition coefficient (Wildman–Crippen LogP) is 2.53. The van der Waals surface area contributed by atoms with E-state index in [2.05, 4.69) is 12.2 Å². The maximum absolute atomic E-state index is 13.1. The molecule has 0 spiro atoms. The Hall–Kier alpha value is -1.87. The van der Waals surface area contributed by atoms with Gasteiger partial charge >= 0.3 is 0 Å². The zero-order valence-corrected chi connectivity index (χ0v) is 19.0. The Kier molecular flexibility index (Phi) is 7.23. The minimum atomic E-state index is -3.66. The van der Waals surface area contributed by atoms with E-state index in [-0.39, 0.29) is 40.2 Å². The molecule has 3 heterocycles. The summed E-state index contributed by atoms with van der Waals surface area (Å²) >= 11 is 0. The van der Waals surface area contributed by atoms with Crippen LogP contribution in [0.2, 0.25) is 0 Å². The van der Waals surface area contributed by atoms with Crippen molar-refractivity contribution in [3.05, 3.63) is 17.6 Å². The number of likely N-dealkylation sites (tertiary alicyclic amines) is 1. The van der Waals surface area contributed by atoms with Crippen molar-refractivity contribution in [2.45, 2.75) is 70.2 Å². The highest BCUT2D eigenvalue weighted by molar-refractivity contribution is 7.89. The smallest absolute Gasteiger partial charge is 0.289 e. The van der Waals surface area contributed by atoms with E-state index in [4.69, 9.17) is 4.42 Å². The van der Waals surface area contributed by atoms with Crippen molar-refractivity contribution in [3.63, 3.8) is 0 Å². The molecule has 3 rings (SSSR count). The monoisotopic (exact) mass is 439 g/mol. The summed E-state index contributed by atoms with van der Waals surface area (Å²) in [5, 5.41) is 2.95. The maximum atomic E-state index is 13.1. The third-order valence-electron chi connectivity index (χ3n) is 6.11. The topological polar surface area (TPSA) is 99.9 Å². The number of nitrogens with zero attached hydrogens (tertiary/aromatic N) is 2. The van der Waals surface area contributed by atoms with Crippen molar-refractivity contribution in [1.82, 2.24) is 14.5 Å². The van der Waals surface area contributed by atoms with Gasteiger partial charge in [-0.25, -0.2) is 8.42 Å². The van der Waals surface area contributed by atoms with Gasteiger partial charge in [0.1, 0.15) is 10.7 Å². The molecule has 2 fully saturated rings. The molecule has 1 N–H and O–H groups in total. The molecule has 2 aliphatic rings. The van der Waals surface area contributed by atoms with E-state index in [9.17, 15) is 18.0 Å². The minimum Gasteiger partial charge on any atom is -0.455 e. The highest BCUT2D eigenvalue weighted by Crippen LogP contribution is 2.29. The van der Waals surface area contributed by atoms with E-state index >= 15 is 0 Å². The predicted molar refractivity (Wildman–Crippen MR) is 113 cm³/mol. The van der Waals surface area contributed by atoms with Crippen molar-refractivity contribution < 1.29 is 22.4 Å². The second-order valence-corrected chi connectivity index (χ2v) is 10.3. The van der Waals surface area contributed by atoms with E-state index in [1.54, 1.807) is 11.8 Å². The van der Waals surface area contributed by atoms with Crippen LogP contribution >= 0.6 is 0 Å². The Bertz CT molecular complexity index is 873. The van der Waals surface area contributed by atoms with Gasteiger partial charge in [0.05, 0.1) is 5.92 Å². The summed E-state index contributed by atoms with van der Waals surface area (Å²) in [4.78, 5) is 27.3. The van der Waals surface area contributed by atoms with Gasteiger partial charge in [-0.05, 0) is 46.0 Å². The summed E-state index contributed by atoms with van der Waals surface area (Å²) in [6.07, 6.45) is 5.07. The number of unbranched alkanes of at least 4 members (excludes halogenated alkanes) is 1. The molecule has 2 unspecified atom stereocenters. The molecule has 2 saturated heterocycles. The Balaban J connectivity index is 1.74. The van der Waals surface area contributed by atoms with Gasteiger partial charge in [-0.1, -0.05) is 13.3 Å². The van der Waals surface area contributed by atoms with Crippen molar-refractivity contribution in [2.75, 3.05) is 26.2 Å². The molecule has 1 aromatic rings. The molecule has 168 valence electrons. The molecule has 0 aliphatic carbocycles. The molecule has 9 heteroatoms. The molecule has 8 nitrogen and oxygen atoms in total. The quantitative estimate of drug-likeness (QED) is 0.658. The van der Waals surface area contributed by atoms with Crippen LogP contribution in [0.1, 0.15) is 68.7 Å². The van der Waals surface area contributed by atoms with Gasteiger partial charge < -0.3 is 14.6 Å². The van der Waals surface area contributed by atoms with Crippen LogP contribution in [-0.4, -0.2) is 61.7 Å². The van der Waals surface area contributed by atoms with Crippen LogP contribution in [0.3, 0.4) is 0 Å². The van der Waals surface area contributed by atoms with Gasteiger partial charge in [0.2, 0.25) is 15.9 Å². The molecular weight excluding hydrogens is 406 g/mol. The van der Waals surface area contributed by atoms with E-state index in [0.717, 1.165) is 38.5 Å². The van der Waals surface area contributed by atoms with Crippen LogP contribution < -0.4 is 5.32 Å². The van der Waals surface area contributed by atoms with Crippen LogP contribution in [-0.2, 0) is 14.8 Å². The molecule has 0 saturated carbocycles. The minimum absolute atomic E-state index is 0.0177. The van der Waals surface area contributed by atoms with Gasteiger partial charge in [0, 0.05) is 38.3 Å². The third kappa shape index (κ3) is 4.72. The van der Waals surface area contributed by atoms with Gasteiger partial charge in [0.25, 0.3) is 5.91 Å². The summed E-state index contributed by atoms with van der Waals surface area (Å²) in [7, 11) is -3.66. The highest BCUT2D eigenvalue weighted by atomic mass is 32.2. The van der Waals surface area contributed by atoms with Crippen LogP contribution in [0.15, 0.2) is 15.4 Å². The van der Waals surface area contributed by atoms with Crippen LogP contribution in [0.4, 0.5) is 0 Å². The average Bonchev–Trinajstić information content (AvgIpc) is 3.38. The number of sulfonamides is 1. The lowest BCUT2D eigenvalue weighted by molar-refractivity contribution is -0.126. The fraction of sp³-hybridized carbons (Fsp3) is 0.714. The van der Waals surface area contributed by atoms with Crippen LogP contribution in [0, 0.1) is 12.8 Å². The largest absolute Gasteiger partial charge is 0.455 e. The molecule has 2 aliphatic heterocycles. The molecule has 0 aromatic carbocycles. The van der Waals surface area contributed by atoms with Gasteiger partial charge in [-0.15, -0.1) is 0 Å². The summed E-state index contributed by atoms with van der Waals surface area (Å²) in [6.45, 7) is 7.53. The zero-order valence-electron chi connectivity index (χ0n) is 18.1. The SMILES string of the molecule is CCCCNC(=O)C1CCC(C)N(C(=O)c2cc(S(=O)(=O)N3CCCC3)c(C)o2)C1. The number of hydrogen-bond acceptors (Lipinski definition) is 5. The van der Waals surface area contributed by atoms with Crippen LogP contribution in [0.25, 0.3) is 0 Å². The number of nitrogens with one attached hydrogen (secondary N) is 1. The van der Waals surface area contributed by atoms with Crippen molar-refractivity contribution in [1.29, 1.82) is 0 Å². The summed E-state index contributed by atoms with van der Waals surface area (Å²) in [5.41, 5.74) is 0. The number of rotatable bonds is 7. The van der Waals surface area contributed by atoms with Crippen LogP contribution in [0.5, 0.6) is 0 Å². The first-order valence-electron chi connectivity index (χ1n) is 10.9. The first-order valence-corrected chi connectivity index (χ1v) is 12.4. The molecule has 30 heavy (non-hydrogen) atoms. The second-order valence-electron chi connectivity index (χ2n) is 8.37. The number of piperidine rings is 1. The fourth-order valence-electron chi connectivity index (χ4n) is 4.17. The fourth-order valence-corrected chi connectivity index (χ4v) is 5.85. The molecule has 0 bridgehead atoms. The normalized spacial score (nSPS) is 23.0. The standard InChI is InChI=1S/C21H33N3O5S/c1-4-5-10-22-20(25)17-9-8-15(2)24(14-17)21(26)18-13-19(16(3)29-18)30(27,28)23-11-6-7-12-23/h13,15,17H,4-12,14H2,1-3H3,(H,22,25). The van der Waals surface area contributed by atoms with E-state index in [1.807, 2.05) is 6.92 Å². The number of hydrogen-bond donors (Lipinski definition) is 1.